The van der Waals surface area contributed by atoms with Gasteiger partial charge in [0.05, 0.1) is 0 Å². The third-order valence-electron chi connectivity index (χ3n) is 9.07. The molecule has 8 rings (SSSR count). The summed E-state index contributed by atoms with van der Waals surface area (Å²) in [5.74, 6) is 3.41. The quantitative estimate of drug-likeness (QED) is 0.0909. The van der Waals surface area contributed by atoms with E-state index in [4.69, 9.17) is 16.1 Å². The molecular weight excluding hydrogens is 854 g/mol. The molecule has 2 heterocycles. The first kappa shape index (κ1) is 38.6. The second-order valence-electron chi connectivity index (χ2n) is 13.9. The summed E-state index contributed by atoms with van der Waals surface area (Å²) in [6, 6.07) is 63.2. The van der Waals surface area contributed by atoms with Gasteiger partial charge in [0.2, 0.25) is 5.88 Å². The molecular formula is C51H39AuN2O. The number of rotatable bonds is 7. The first-order valence-corrected chi connectivity index (χ1v) is 18.0. The predicted molar refractivity (Wildman–Crippen MR) is 221 cm³/mol. The molecule has 6 aromatic carbocycles. The Bertz CT molecular complexity index is 2460. The Balaban J connectivity index is 0.000000510. The number of nitrogens with zero attached hydrogens (tertiary/aromatic N) is 2. The smallest absolute Gasteiger partial charge is 0.700 e. The van der Waals surface area contributed by atoms with Crippen molar-refractivity contribution in [1.29, 1.82) is 0 Å². The number of benzene rings is 6. The summed E-state index contributed by atoms with van der Waals surface area (Å²) >= 11 is 0. The van der Waals surface area contributed by atoms with Crippen molar-refractivity contribution < 1.29 is 27.1 Å². The van der Waals surface area contributed by atoms with Crippen LogP contribution in [0.3, 0.4) is 0 Å². The number of ether oxygens (including phenoxy) is 1. The van der Waals surface area contributed by atoms with Gasteiger partial charge in [0, 0.05) is 18.0 Å². The summed E-state index contributed by atoms with van der Waals surface area (Å²) in [7, 11) is 0. The second kappa shape index (κ2) is 17.8. The number of hydrogen-bond donors (Lipinski definition) is 0. The molecule has 0 aliphatic carbocycles. The van der Waals surface area contributed by atoms with Crippen LogP contribution >= 0.6 is 0 Å². The van der Waals surface area contributed by atoms with E-state index in [9.17, 15) is 0 Å². The molecule has 0 radical (unpaired) electrons. The summed E-state index contributed by atoms with van der Waals surface area (Å²) in [5, 5.41) is 0. The molecule has 0 N–H and O–H groups in total. The molecule has 55 heavy (non-hydrogen) atoms. The maximum Gasteiger partial charge on any atom is 3.00 e. The zero-order valence-electron chi connectivity index (χ0n) is 30.9. The Kier molecular flexibility index (Phi) is 12.5. The van der Waals surface area contributed by atoms with Crippen molar-refractivity contribution >= 4 is 0 Å². The number of aromatic nitrogens is 2. The fraction of sp³-hybridized carbons (Fsp3) is 0.0784. The van der Waals surface area contributed by atoms with Crippen molar-refractivity contribution in [2.45, 2.75) is 26.2 Å². The van der Waals surface area contributed by atoms with Gasteiger partial charge in [-0.2, -0.15) is 5.56 Å². The van der Waals surface area contributed by atoms with E-state index >= 15 is 0 Å². The van der Waals surface area contributed by atoms with E-state index in [2.05, 4.69) is 153 Å². The largest absolute Gasteiger partial charge is 3.00 e. The molecule has 0 fully saturated rings. The van der Waals surface area contributed by atoms with Crippen LogP contribution in [-0.2, 0) is 27.8 Å². The second-order valence-corrected chi connectivity index (χ2v) is 13.9. The van der Waals surface area contributed by atoms with Crippen LogP contribution in [-0.4, -0.2) is 4.98 Å². The zero-order valence-corrected chi connectivity index (χ0v) is 33.1. The maximum atomic E-state index is 6.69. The van der Waals surface area contributed by atoms with Gasteiger partial charge < -0.3 is 16.1 Å². The van der Waals surface area contributed by atoms with Crippen molar-refractivity contribution in [3.8, 4) is 73.4 Å². The van der Waals surface area contributed by atoms with Crippen LogP contribution in [0.4, 0.5) is 0 Å². The minimum Gasteiger partial charge on any atom is -0.700 e. The summed E-state index contributed by atoms with van der Waals surface area (Å²) < 4.78 is 6.29. The average molecular weight is 893 g/mol. The molecule has 3 nitrogen and oxygen atoms in total. The molecule has 0 saturated carbocycles. The minimum absolute atomic E-state index is 0. The van der Waals surface area contributed by atoms with Crippen LogP contribution in [0, 0.1) is 18.4 Å². The standard InChI is InChI=1S/C43H34N2O.C8H5.Au/c1-43(2,3)36-27-35(28-37(29-36)46-38-21-13-14-26-44-38)42-39(32-17-9-5-10-18-32)40(41(45-42)34-19-11-6-12-20-34)33-24-22-31(23-25-33)30-15-7-4-8-16-30;1-2-8-6-4-3-5-7-8;/h4-27,29H,1-3H3;3-7H;/q-2;-1;+3. The van der Waals surface area contributed by atoms with Crippen LogP contribution in [0.15, 0.2) is 182 Å². The molecule has 0 aliphatic rings. The third kappa shape index (κ3) is 9.33. The van der Waals surface area contributed by atoms with Crippen molar-refractivity contribution in [2.75, 3.05) is 0 Å². The summed E-state index contributed by atoms with van der Waals surface area (Å²) in [4.78, 5) is 9.85. The van der Waals surface area contributed by atoms with Crippen LogP contribution in [0.25, 0.3) is 55.9 Å². The molecule has 0 spiro atoms. The van der Waals surface area contributed by atoms with Gasteiger partial charge in [-0.1, -0.05) is 178 Å². The monoisotopic (exact) mass is 892 g/mol. The first-order valence-electron chi connectivity index (χ1n) is 18.0. The average Bonchev–Trinajstić information content (AvgIpc) is 3.63. The molecule has 270 valence electrons. The van der Waals surface area contributed by atoms with Gasteiger partial charge in [0.15, 0.2) is 0 Å². The van der Waals surface area contributed by atoms with Gasteiger partial charge in [0.1, 0.15) is 0 Å². The molecule has 0 unspecified atom stereocenters. The topological polar surface area (TPSA) is 36.2 Å². The Morgan fingerprint density at radius 2 is 1.05 bits per heavy atom. The SMILES string of the molecule is CC(C)(C)c1cc(Oc2ccccn2)[c-]c(-c2[n-]c(-c3ccccc3)c(-c3ccc(-c4ccccc4)cc3)c2-c2ccccc2)c1.[Au+3].[C-]#Cc1ccccc1. The van der Waals surface area contributed by atoms with E-state index in [1.165, 1.54) is 11.1 Å². The van der Waals surface area contributed by atoms with Crippen LogP contribution in [0.2, 0.25) is 0 Å². The van der Waals surface area contributed by atoms with E-state index in [0.717, 1.165) is 55.9 Å². The fourth-order valence-electron chi connectivity index (χ4n) is 6.29. The van der Waals surface area contributed by atoms with Gasteiger partial charge in [-0.3, -0.25) is 5.92 Å². The van der Waals surface area contributed by atoms with Gasteiger partial charge in [-0.05, 0) is 44.9 Å². The van der Waals surface area contributed by atoms with Crippen LogP contribution in [0.5, 0.6) is 11.6 Å². The van der Waals surface area contributed by atoms with Crippen molar-refractivity contribution in [3.63, 3.8) is 0 Å². The third-order valence-corrected chi connectivity index (χ3v) is 9.07. The fourth-order valence-corrected chi connectivity index (χ4v) is 6.29. The van der Waals surface area contributed by atoms with Crippen molar-refractivity contribution in [3.05, 3.63) is 206 Å². The van der Waals surface area contributed by atoms with E-state index in [1.54, 1.807) is 6.20 Å². The van der Waals surface area contributed by atoms with Gasteiger partial charge in [0.25, 0.3) is 0 Å². The Hall–Kier alpha value is -6.15. The van der Waals surface area contributed by atoms with Gasteiger partial charge in [-0.15, -0.1) is 35.0 Å². The predicted octanol–water partition coefficient (Wildman–Crippen LogP) is 12.9. The Morgan fingerprint density at radius 1 is 0.564 bits per heavy atom. The van der Waals surface area contributed by atoms with Crippen LogP contribution in [0.1, 0.15) is 31.9 Å². The molecule has 0 amide bonds. The molecule has 8 aromatic rings. The van der Waals surface area contributed by atoms with Gasteiger partial charge >= 0.3 is 22.4 Å². The molecule has 0 saturated heterocycles. The van der Waals surface area contributed by atoms with E-state index in [0.29, 0.717) is 11.6 Å². The Morgan fingerprint density at radius 3 is 1.60 bits per heavy atom. The molecule has 0 aliphatic heterocycles. The van der Waals surface area contributed by atoms with E-state index in [-0.39, 0.29) is 27.8 Å². The van der Waals surface area contributed by atoms with E-state index < -0.39 is 0 Å². The number of hydrogen-bond acceptors (Lipinski definition) is 2. The van der Waals surface area contributed by atoms with Crippen molar-refractivity contribution in [2.24, 2.45) is 0 Å². The molecule has 2 aromatic heterocycles. The normalized spacial score (nSPS) is 10.7. The minimum atomic E-state index is -0.135. The van der Waals surface area contributed by atoms with Gasteiger partial charge in [-0.25, -0.2) is 10.7 Å². The molecule has 0 atom stereocenters. The summed E-state index contributed by atoms with van der Waals surface area (Å²) in [6.07, 6.45) is 8.43. The van der Waals surface area contributed by atoms with Crippen LogP contribution < -0.4 is 9.72 Å². The maximum absolute atomic E-state index is 6.69. The Labute approximate surface area is 340 Å². The van der Waals surface area contributed by atoms with E-state index in [1.807, 2.05) is 60.7 Å². The zero-order chi connectivity index (χ0) is 37.3. The first-order chi connectivity index (χ1) is 26.4. The molecule has 0 bridgehead atoms. The summed E-state index contributed by atoms with van der Waals surface area (Å²) in [5.41, 5.74) is 12.3. The molecule has 4 heteroatoms. The summed E-state index contributed by atoms with van der Waals surface area (Å²) in [6.45, 7) is 6.63. The van der Waals surface area contributed by atoms with Crippen molar-refractivity contribution in [1.82, 2.24) is 9.97 Å². The number of pyridine rings is 1.